The van der Waals surface area contributed by atoms with Crippen molar-refractivity contribution < 1.29 is 9.66 Å². The summed E-state index contributed by atoms with van der Waals surface area (Å²) in [6, 6.07) is 5.69. The number of nitro groups is 1. The number of ether oxygens (including phenoxy) is 1. The summed E-state index contributed by atoms with van der Waals surface area (Å²) < 4.78 is 6.86. The van der Waals surface area contributed by atoms with Crippen molar-refractivity contribution in [3.8, 4) is 6.07 Å². The zero-order chi connectivity index (χ0) is 20.5. The Labute approximate surface area is 168 Å². The monoisotopic (exact) mass is 415 g/mol. The molecule has 0 saturated carbocycles. The van der Waals surface area contributed by atoms with Crippen LogP contribution in [0.3, 0.4) is 0 Å². The van der Waals surface area contributed by atoms with Gasteiger partial charge in [-0.15, -0.1) is 0 Å². The highest BCUT2D eigenvalue weighted by Crippen LogP contribution is 2.30. The number of rotatable bonds is 4. The van der Waals surface area contributed by atoms with E-state index in [0.717, 1.165) is 0 Å². The highest BCUT2D eigenvalue weighted by atomic mass is 35.5. The average molecular weight is 416 g/mol. The largest absolute Gasteiger partial charge is 0.381 e. The Bertz CT molecular complexity index is 1210. The van der Waals surface area contributed by atoms with Gasteiger partial charge < -0.3 is 15.0 Å². The van der Waals surface area contributed by atoms with Gasteiger partial charge in [0.05, 0.1) is 16.6 Å². The highest BCUT2D eigenvalue weighted by molar-refractivity contribution is 6.33. The van der Waals surface area contributed by atoms with E-state index in [2.05, 4.69) is 20.3 Å². The number of nitro benzene ring substituents is 1. The summed E-state index contributed by atoms with van der Waals surface area (Å²) in [6.07, 6.45) is 1.29. The van der Waals surface area contributed by atoms with Crippen molar-refractivity contribution in [3.63, 3.8) is 0 Å². The molecule has 0 unspecified atom stereocenters. The molecule has 2 N–H and O–H groups in total. The number of nitrogens with one attached hydrogen (secondary N) is 2. The molecule has 1 aromatic carbocycles. The van der Waals surface area contributed by atoms with Crippen LogP contribution >= 0.6 is 11.6 Å². The number of H-pyrrole nitrogens is 1. The molecule has 0 radical (unpaired) electrons. The SMILES string of the molecule is N#Cc1ccc([N+](=O)[O-])c(Nc2nc(Cl)c3[nH]c(=O)n(C4CCOCC4)c3n2)c1. The lowest BCUT2D eigenvalue weighted by atomic mass is 10.1. The average Bonchev–Trinajstić information content (AvgIpc) is 3.04. The standard InChI is InChI=1S/C17H14ClN7O4/c18-14-13-15(24(17(26)21-13)10-3-5-29-6-4-10)23-16(22-14)20-11-7-9(8-19)1-2-12(11)25(27)28/h1-2,7,10H,3-6H2,(H,21,26)(H,20,22,23). The third kappa shape index (κ3) is 3.51. The molecule has 1 saturated heterocycles. The van der Waals surface area contributed by atoms with Gasteiger partial charge in [-0.25, -0.2) is 4.79 Å². The number of imidazole rings is 1. The predicted molar refractivity (Wildman–Crippen MR) is 103 cm³/mol. The maximum Gasteiger partial charge on any atom is 0.328 e. The van der Waals surface area contributed by atoms with Gasteiger partial charge in [0, 0.05) is 25.3 Å². The first-order chi connectivity index (χ1) is 14.0. The molecule has 1 aliphatic rings. The molecule has 0 bridgehead atoms. The molecule has 0 atom stereocenters. The summed E-state index contributed by atoms with van der Waals surface area (Å²) in [6.45, 7) is 1.06. The number of anilines is 2. The third-order valence-corrected chi connectivity index (χ3v) is 4.92. The van der Waals surface area contributed by atoms with Gasteiger partial charge in [0.25, 0.3) is 5.69 Å². The Morgan fingerprint density at radius 2 is 2.14 bits per heavy atom. The van der Waals surface area contributed by atoms with Crippen LogP contribution in [-0.4, -0.2) is 37.7 Å². The van der Waals surface area contributed by atoms with Gasteiger partial charge in [-0.05, 0) is 25.0 Å². The van der Waals surface area contributed by atoms with Crippen LogP contribution in [0.4, 0.5) is 17.3 Å². The van der Waals surface area contributed by atoms with Gasteiger partial charge in [0.1, 0.15) is 11.2 Å². The quantitative estimate of drug-likeness (QED) is 0.374. The van der Waals surface area contributed by atoms with Crippen LogP contribution in [0.5, 0.6) is 0 Å². The number of nitriles is 1. The van der Waals surface area contributed by atoms with E-state index in [4.69, 9.17) is 21.6 Å². The van der Waals surface area contributed by atoms with Gasteiger partial charge >= 0.3 is 5.69 Å². The molecule has 2 aromatic heterocycles. The molecule has 12 heteroatoms. The lowest BCUT2D eigenvalue weighted by Gasteiger charge is -2.22. The normalized spacial score (nSPS) is 14.6. The second-order valence-corrected chi connectivity index (χ2v) is 6.76. The van der Waals surface area contributed by atoms with Crippen LogP contribution in [-0.2, 0) is 4.74 Å². The molecule has 148 valence electrons. The minimum Gasteiger partial charge on any atom is -0.381 e. The fraction of sp³-hybridized carbons (Fsp3) is 0.294. The summed E-state index contributed by atoms with van der Waals surface area (Å²) >= 11 is 6.23. The van der Waals surface area contributed by atoms with Gasteiger partial charge in [0.15, 0.2) is 10.8 Å². The van der Waals surface area contributed by atoms with Crippen LogP contribution in [0.1, 0.15) is 24.4 Å². The van der Waals surface area contributed by atoms with Crippen LogP contribution in [0, 0.1) is 21.4 Å². The van der Waals surface area contributed by atoms with Gasteiger partial charge in [0.2, 0.25) is 5.95 Å². The van der Waals surface area contributed by atoms with E-state index in [1.807, 2.05) is 6.07 Å². The van der Waals surface area contributed by atoms with E-state index in [1.165, 1.54) is 22.8 Å². The zero-order valence-electron chi connectivity index (χ0n) is 14.9. The van der Waals surface area contributed by atoms with E-state index >= 15 is 0 Å². The Morgan fingerprint density at radius 1 is 1.38 bits per heavy atom. The number of benzene rings is 1. The minimum absolute atomic E-state index is 0.000463. The summed E-state index contributed by atoms with van der Waals surface area (Å²) in [4.78, 5) is 34.3. The molecule has 1 aliphatic heterocycles. The third-order valence-electron chi connectivity index (χ3n) is 4.65. The number of aromatic nitrogens is 4. The number of aromatic amines is 1. The summed E-state index contributed by atoms with van der Waals surface area (Å²) in [5.41, 5.74) is 0.237. The minimum atomic E-state index is -0.585. The molecule has 0 spiro atoms. The first kappa shape index (κ1) is 18.9. The van der Waals surface area contributed by atoms with Crippen molar-refractivity contribution in [1.29, 1.82) is 5.26 Å². The summed E-state index contributed by atoms with van der Waals surface area (Å²) in [5.74, 6) is -0.0273. The van der Waals surface area contributed by atoms with E-state index in [1.54, 1.807) is 0 Å². The number of nitrogens with zero attached hydrogens (tertiary/aromatic N) is 5. The smallest absolute Gasteiger partial charge is 0.328 e. The highest BCUT2D eigenvalue weighted by Gasteiger charge is 2.24. The summed E-state index contributed by atoms with van der Waals surface area (Å²) in [5, 5.41) is 23.1. The lowest BCUT2D eigenvalue weighted by Crippen LogP contribution is -2.27. The maximum absolute atomic E-state index is 12.5. The maximum atomic E-state index is 12.5. The van der Waals surface area contributed by atoms with E-state index in [-0.39, 0.29) is 45.3 Å². The Morgan fingerprint density at radius 3 is 2.83 bits per heavy atom. The van der Waals surface area contributed by atoms with Gasteiger partial charge in [-0.3, -0.25) is 14.7 Å². The molecule has 0 amide bonds. The molecule has 3 heterocycles. The number of halogens is 1. The van der Waals surface area contributed by atoms with Crippen molar-refractivity contribution in [2.45, 2.75) is 18.9 Å². The van der Waals surface area contributed by atoms with Crippen LogP contribution < -0.4 is 11.0 Å². The van der Waals surface area contributed by atoms with Crippen molar-refractivity contribution in [3.05, 3.63) is 49.5 Å². The molecule has 11 nitrogen and oxygen atoms in total. The first-order valence-corrected chi connectivity index (χ1v) is 9.07. The fourth-order valence-electron chi connectivity index (χ4n) is 3.29. The van der Waals surface area contributed by atoms with E-state index < -0.39 is 4.92 Å². The van der Waals surface area contributed by atoms with Crippen LogP contribution in [0.25, 0.3) is 11.2 Å². The number of hydrogen-bond acceptors (Lipinski definition) is 8. The summed E-state index contributed by atoms with van der Waals surface area (Å²) in [7, 11) is 0. The molecule has 29 heavy (non-hydrogen) atoms. The lowest BCUT2D eigenvalue weighted by molar-refractivity contribution is -0.383. The fourth-order valence-corrected chi connectivity index (χ4v) is 3.50. The first-order valence-electron chi connectivity index (χ1n) is 8.69. The van der Waals surface area contributed by atoms with Crippen molar-refractivity contribution >= 4 is 40.1 Å². The van der Waals surface area contributed by atoms with Gasteiger partial charge in [-0.1, -0.05) is 11.6 Å². The van der Waals surface area contributed by atoms with E-state index in [0.29, 0.717) is 31.7 Å². The van der Waals surface area contributed by atoms with Crippen molar-refractivity contribution in [2.24, 2.45) is 0 Å². The molecule has 3 aromatic rings. The van der Waals surface area contributed by atoms with Crippen LogP contribution in [0.15, 0.2) is 23.0 Å². The molecule has 4 rings (SSSR count). The van der Waals surface area contributed by atoms with Crippen molar-refractivity contribution in [2.75, 3.05) is 18.5 Å². The molecule has 1 fully saturated rings. The molecular weight excluding hydrogens is 402 g/mol. The molecular formula is C17H14ClN7O4. The Hall–Kier alpha value is -3.49. The van der Waals surface area contributed by atoms with Gasteiger partial charge in [-0.2, -0.15) is 15.2 Å². The second-order valence-electron chi connectivity index (χ2n) is 6.41. The Kier molecular flexibility index (Phi) is 4.87. The Balaban J connectivity index is 1.81. The number of fused-ring (bicyclic) bond motifs is 1. The second kappa shape index (κ2) is 7.50. The van der Waals surface area contributed by atoms with Crippen molar-refractivity contribution in [1.82, 2.24) is 19.5 Å². The van der Waals surface area contributed by atoms with E-state index in [9.17, 15) is 14.9 Å². The topological polar surface area (TPSA) is 152 Å². The molecule has 0 aliphatic carbocycles. The predicted octanol–water partition coefficient (Wildman–Crippen LogP) is 2.65. The number of hydrogen-bond donors (Lipinski definition) is 2. The zero-order valence-corrected chi connectivity index (χ0v) is 15.6. The van der Waals surface area contributed by atoms with Crippen LogP contribution in [0.2, 0.25) is 5.15 Å².